The zero-order chi connectivity index (χ0) is 23.4. The van der Waals surface area contributed by atoms with Crippen LogP contribution in [-0.4, -0.2) is 70.4 Å². The van der Waals surface area contributed by atoms with E-state index in [1.807, 2.05) is 12.1 Å². The average Bonchev–Trinajstić information content (AvgIpc) is 2.85. The lowest BCUT2D eigenvalue weighted by atomic mass is 10.0. The van der Waals surface area contributed by atoms with Crippen molar-refractivity contribution in [2.24, 2.45) is 5.92 Å². The molecular weight excluding hydrogens is 440 g/mol. The molecule has 2 heterocycles. The number of likely N-dealkylation sites (N-methyl/N-ethyl adjacent to an activating group) is 1. The SMILES string of the molecule is CONC(=O)C1C=CN(S(=O)(=O)c2ccc(-c3ccc(N4CCN(C)CC4)cc3)cc2)CC1. The van der Waals surface area contributed by atoms with Crippen molar-refractivity contribution in [3.05, 3.63) is 60.8 Å². The smallest absolute Gasteiger partial charge is 0.263 e. The standard InChI is InChI=1S/C24H30N4O4S/c1-26-15-17-27(18-16-26)22-7-3-19(4-8-22)20-5-9-23(10-6-20)33(30,31)28-13-11-21(12-14-28)24(29)25-32-2/h3-11,13,21H,12,14-18H2,1-2H3,(H,25,29). The van der Waals surface area contributed by atoms with Crippen LogP contribution in [0.5, 0.6) is 0 Å². The van der Waals surface area contributed by atoms with Gasteiger partial charge in [-0.3, -0.25) is 13.9 Å². The first-order chi connectivity index (χ1) is 15.9. The molecule has 0 aliphatic carbocycles. The molecule has 2 aromatic carbocycles. The minimum absolute atomic E-state index is 0.227. The van der Waals surface area contributed by atoms with Crippen molar-refractivity contribution in [3.63, 3.8) is 0 Å². The van der Waals surface area contributed by atoms with Gasteiger partial charge in [0.1, 0.15) is 0 Å². The molecule has 0 saturated carbocycles. The number of anilines is 1. The second kappa shape index (κ2) is 9.94. The van der Waals surface area contributed by atoms with E-state index in [0.717, 1.165) is 37.3 Å². The molecule has 1 N–H and O–H groups in total. The molecule has 1 amide bonds. The van der Waals surface area contributed by atoms with Gasteiger partial charge in [0, 0.05) is 44.6 Å². The fourth-order valence-corrected chi connectivity index (χ4v) is 5.44. The lowest BCUT2D eigenvalue weighted by Crippen LogP contribution is -2.44. The molecule has 8 nitrogen and oxygen atoms in total. The Kier molecular flexibility index (Phi) is 7.02. The van der Waals surface area contributed by atoms with E-state index in [9.17, 15) is 13.2 Å². The molecule has 176 valence electrons. The van der Waals surface area contributed by atoms with Gasteiger partial charge in [0.25, 0.3) is 15.9 Å². The third-order valence-corrected chi connectivity index (χ3v) is 8.00. The van der Waals surface area contributed by atoms with Crippen LogP contribution in [-0.2, 0) is 19.7 Å². The van der Waals surface area contributed by atoms with E-state index >= 15 is 0 Å². The van der Waals surface area contributed by atoms with Crippen LogP contribution in [0.2, 0.25) is 0 Å². The number of benzene rings is 2. The van der Waals surface area contributed by atoms with Crippen LogP contribution in [0, 0.1) is 5.92 Å². The Morgan fingerprint density at radius 2 is 1.55 bits per heavy atom. The molecule has 0 bridgehead atoms. The Hall–Kier alpha value is -2.88. The molecule has 1 fully saturated rings. The summed E-state index contributed by atoms with van der Waals surface area (Å²) >= 11 is 0. The lowest BCUT2D eigenvalue weighted by molar-refractivity contribution is -0.134. The first-order valence-corrected chi connectivity index (χ1v) is 12.5. The van der Waals surface area contributed by atoms with Gasteiger partial charge >= 0.3 is 0 Å². The highest BCUT2D eigenvalue weighted by molar-refractivity contribution is 7.89. The van der Waals surface area contributed by atoms with Crippen molar-refractivity contribution >= 4 is 21.6 Å². The van der Waals surface area contributed by atoms with Gasteiger partial charge in [-0.2, -0.15) is 0 Å². The van der Waals surface area contributed by atoms with E-state index in [1.165, 1.54) is 23.3 Å². The van der Waals surface area contributed by atoms with Crippen molar-refractivity contribution in [2.45, 2.75) is 11.3 Å². The normalized spacial score (nSPS) is 19.5. The summed E-state index contributed by atoms with van der Waals surface area (Å²) in [7, 11) is -0.164. The third kappa shape index (κ3) is 5.21. The van der Waals surface area contributed by atoms with Gasteiger partial charge in [-0.05, 0) is 48.9 Å². The number of nitrogens with one attached hydrogen (secondary N) is 1. The molecule has 1 saturated heterocycles. The highest BCUT2D eigenvalue weighted by Crippen LogP contribution is 2.27. The van der Waals surface area contributed by atoms with Crippen molar-refractivity contribution in [2.75, 3.05) is 51.8 Å². The Balaban J connectivity index is 1.43. The summed E-state index contributed by atoms with van der Waals surface area (Å²) in [6.45, 7) is 4.39. The van der Waals surface area contributed by atoms with Crippen LogP contribution >= 0.6 is 0 Å². The van der Waals surface area contributed by atoms with Gasteiger partial charge < -0.3 is 9.80 Å². The first kappa shape index (κ1) is 23.3. The van der Waals surface area contributed by atoms with Crippen molar-refractivity contribution in [3.8, 4) is 11.1 Å². The highest BCUT2D eigenvalue weighted by Gasteiger charge is 2.27. The number of sulfonamides is 1. The van der Waals surface area contributed by atoms with Gasteiger partial charge in [0.15, 0.2) is 0 Å². The Morgan fingerprint density at radius 1 is 0.939 bits per heavy atom. The fraction of sp³-hybridized carbons (Fsp3) is 0.375. The molecule has 0 spiro atoms. The summed E-state index contributed by atoms with van der Waals surface area (Å²) in [6, 6.07) is 15.3. The number of nitrogens with zero attached hydrogens (tertiary/aromatic N) is 3. The number of piperazine rings is 1. The third-order valence-electron chi connectivity index (χ3n) is 6.21. The van der Waals surface area contributed by atoms with Gasteiger partial charge in [-0.25, -0.2) is 13.9 Å². The molecule has 1 unspecified atom stereocenters. The number of carbonyl (C=O) groups excluding carboxylic acids is 1. The molecule has 9 heteroatoms. The second-order valence-electron chi connectivity index (χ2n) is 8.38. The minimum atomic E-state index is -3.68. The van der Waals surface area contributed by atoms with Crippen molar-refractivity contribution in [1.82, 2.24) is 14.7 Å². The average molecular weight is 471 g/mol. The van der Waals surface area contributed by atoms with E-state index in [-0.39, 0.29) is 17.3 Å². The molecule has 2 aromatic rings. The molecule has 1 atom stereocenters. The highest BCUT2D eigenvalue weighted by atomic mass is 32.2. The van der Waals surface area contributed by atoms with E-state index in [4.69, 9.17) is 0 Å². The van der Waals surface area contributed by atoms with Crippen LogP contribution in [0.1, 0.15) is 6.42 Å². The van der Waals surface area contributed by atoms with Crippen LogP contribution in [0.3, 0.4) is 0 Å². The Labute approximate surface area is 195 Å². The summed E-state index contributed by atoms with van der Waals surface area (Å²) in [5.41, 5.74) is 5.50. The number of hydrogen-bond donors (Lipinski definition) is 1. The molecule has 0 radical (unpaired) electrons. The maximum atomic E-state index is 13.0. The predicted molar refractivity (Wildman–Crippen MR) is 128 cm³/mol. The quantitative estimate of drug-likeness (QED) is 0.653. The monoisotopic (exact) mass is 470 g/mol. The van der Waals surface area contributed by atoms with Crippen molar-refractivity contribution < 1.29 is 18.0 Å². The maximum Gasteiger partial charge on any atom is 0.263 e. The van der Waals surface area contributed by atoms with Crippen LogP contribution in [0.4, 0.5) is 5.69 Å². The largest absolute Gasteiger partial charge is 0.369 e. The molecule has 33 heavy (non-hydrogen) atoms. The first-order valence-electron chi connectivity index (χ1n) is 11.1. The van der Waals surface area contributed by atoms with Crippen molar-refractivity contribution in [1.29, 1.82) is 0 Å². The number of hydrogen-bond acceptors (Lipinski definition) is 6. The number of rotatable bonds is 6. The predicted octanol–water partition coefficient (Wildman–Crippen LogP) is 2.31. The summed E-state index contributed by atoms with van der Waals surface area (Å²) < 4.78 is 27.3. The molecule has 2 aliphatic rings. The van der Waals surface area contributed by atoms with Gasteiger partial charge in [-0.1, -0.05) is 30.3 Å². The second-order valence-corrected chi connectivity index (χ2v) is 10.3. The molecule has 2 aliphatic heterocycles. The topological polar surface area (TPSA) is 82.2 Å². The van der Waals surface area contributed by atoms with Crippen LogP contribution < -0.4 is 10.4 Å². The fourth-order valence-electron chi connectivity index (χ4n) is 4.12. The van der Waals surface area contributed by atoms with Gasteiger partial charge in [0.2, 0.25) is 0 Å². The summed E-state index contributed by atoms with van der Waals surface area (Å²) in [6.07, 6.45) is 3.44. The molecule has 4 rings (SSSR count). The minimum Gasteiger partial charge on any atom is -0.369 e. The van der Waals surface area contributed by atoms with E-state index in [1.54, 1.807) is 18.2 Å². The maximum absolute atomic E-state index is 13.0. The number of amides is 1. The zero-order valence-corrected chi connectivity index (χ0v) is 19.8. The Morgan fingerprint density at radius 3 is 2.09 bits per heavy atom. The van der Waals surface area contributed by atoms with E-state index in [0.29, 0.717) is 6.42 Å². The Bertz CT molecular complexity index is 1090. The summed E-state index contributed by atoms with van der Waals surface area (Å²) in [5, 5.41) is 0. The zero-order valence-electron chi connectivity index (χ0n) is 19.0. The number of hydroxylamine groups is 1. The van der Waals surface area contributed by atoms with E-state index < -0.39 is 15.9 Å². The summed E-state index contributed by atoms with van der Waals surface area (Å²) in [5.74, 6) is -0.693. The lowest BCUT2D eigenvalue weighted by Gasteiger charge is -2.34. The van der Waals surface area contributed by atoms with Gasteiger partial charge in [-0.15, -0.1) is 0 Å². The number of carbonyl (C=O) groups is 1. The molecular formula is C24H30N4O4S. The van der Waals surface area contributed by atoms with Gasteiger partial charge in [0.05, 0.1) is 17.9 Å². The summed E-state index contributed by atoms with van der Waals surface area (Å²) in [4.78, 5) is 21.4. The van der Waals surface area contributed by atoms with Crippen LogP contribution in [0.15, 0.2) is 65.7 Å². The molecule has 0 aromatic heterocycles. The van der Waals surface area contributed by atoms with E-state index in [2.05, 4.69) is 51.4 Å². The van der Waals surface area contributed by atoms with Crippen LogP contribution in [0.25, 0.3) is 11.1 Å².